The monoisotopic (exact) mass is 572 g/mol. The number of aromatic amines is 2. The topological polar surface area (TPSA) is 115 Å². The van der Waals surface area contributed by atoms with Gasteiger partial charge in [-0.2, -0.15) is 0 Å². The maximum atomic E-state index is 11.8. The van der Waals surface area contributed by atoms with Gasteiger partial charge in [0.15, 0.2) is 0 Å². The van der Waals surface area contributed by atoms with E-state index >= 15 is 0 Å². The summed E-state index contributed by atoms with van der Waals surface area (Å²) in [7, 11) is -4.81. The molecular formula is C26H15Cl2KN4O3S. The Morgan fingerprint density at radius 3 is 1.95 bits per heavy atom. The predicted molar refractivity (Wildman–Crippen MR) is 142 cm³/mol. The Morgan fingerprint density at radius 2 is 1.30 bits per heavy atom. The van der Waals surface area contributed by atoms with Gasteiger partial charge in [-0.3, -0.25) is 0 Å². The van der Waals surface area contributed by atoms with E-state index in [0.29, 0.717) is 22.3 Å². The van der Waals surface area contributed by atoms with Gasteiger partial charge in [0.1, 0.15) is 10.1 Å². The molecule has 0 atom stereocenters. The van der Waals surface area contributed by atoms with Gasteiger partial charge >= 0.3 is 51.4 Å². The van der Waals surface area contributed by atoms with Gasteiger partial charge in [0.05, 0.1) is 37.7 Å². The van der Waals surface area contributed by atoms with Crippen LogP contribution in [0.1, 0.15) is 22.8 Å². The summed E-state index contributed by atoms with van der Waals surface area (Å²) in [5.74, 6) is 0. The maximum absolute atomic E-state index is 11.8. The standard InChI is InChI=1S/C26H16Cl2N4O3S.K/c27-22-7-8-24(36(33,34)35)26(28)25(22)21-12-20-11-18-4-3-16(30-18)9-14-1-2-15(29-14)10-17-5-6-19(31-17)13-23(21)32-20;/h1-13,30,32H,(H,33,34,35);/q;+1/p-1. The number of halogens is 2. The Kier molecular flexibility index (Phi) is 7.36. The van der Waals surface area contributed by atoms with Gasteiger partial charge in [0.25, 0.3) is 0 Å². The molecule has 0 aliphatic carbocycles. The third-order valence-corrected chi connectivity index (χ3v) is 7.46. The smallest absolute Gasteiger partial charge is 0.744 e. The normalized spacial score (nSPS) is 12.5. The van der Waals surface area contributed by atoms with E-state index in [4.69, 9.17) is 23.2 Å². The van der Waals surface area contributed by atoms with Crippen molar-refractivity contribution in [1.82, 2.24) is 19.9 Å². The van der Waals surface area contributed by atoms with Crippen LogP contribution in [0.25, 0.3) is 57.5 Å². The molecular weight excluding hydrogens is 558 g/mol. The van der Waals surface area contributed by atoms with E-state index in [1.165, 1.54) is 6.07 Å². The molecule has 0 unspecified atom stereocenters. The number of nitrogens with zero attached hydrogens (tertiary/aromatic N) is 2. The van der Waals surface area contributed by atoms with Crippen molar-refractivity contribution in [3.05, 3.63) is 87.4 Å². The third kappa shape index (κ3) is 5.42. The van der Waals surface area contributed by atoms with Crippen molar-refractivity contribution in [1.29, 1.82) is 0 Å². The molecule has 8 bridgehead atoms. The summed E-state index contributed by atoms with van der Waals surface area (Å²) in [6.07, 6.45) is 7.59. The Balaban J connectivity index is 0.00000280. The van der Waals surface area contributed by atoms with Gasteiger partial charge in [-0.1, -0.05) is 23.2 Å². The zero-order valence-corrected chi connectivity index (χ0v) is 24.7. The molecule has 0 fully saturated rings. The molecule has 7 nitrogen and oxygen atoms in total. The van der Waals surface area contributed by atoms with Gasteiger partial charge in [-0.15, -0.1) is 0 Å². The molecule has 5 heterocycles. The average molecular weight is 574 g/mol. The van der Waals surface area contributed by atoms with Crippen molar-refractivity contribution in [2.45, 2.75) is 4.90 Å². The first kappa shape index (κ1) is 26.5. The van der Waals surface area contributed by atoms with E-state index in [1.807, 2.05) is 54.6 Å². The molecule has 178 valence electrons. The SMILES string of the molecule is O=S(=O)([O-])c1ccc(Cl)c(-c2cc3cc4ccc(cc5nc(cc6nc(cc2[nH]3)C=C6)C=C5)[nH]4)c1Cl.[K+]. The number of benzene rings is 1. The number of hydrogen-bond acceptors (Lipinski definition) is 5. The predicted octanol–water partition coefficient (Wildman–Crippen LogP) is 3.54. The van der Waals surface area contributed by atoms with E-state index in [0.717, 1.165) is 34.2 Å². The Hall–Kier alpha value is -2.05. The van der Waals surface area contributed by atoms with Crippen LogP contribution in [0.5, 0.6) is 0 Å². The van der Waals surface area contributed by atoms with Gasteiger partial charge in [0.2, 0.25) is 0 Å². The van der Waals surface area contributed by atoms with E-state index in [9.17, 15) is 13.0 Å². The molecule has 0 saturated heterocycles. The molecule has 4 aromatic rings. The van der Waals surface area contributed by atoms with Crippen molar-refractivity contribution in [2.24, 2.45) is 0 Å². The largest absolute Gasteiger partial charge is 1.00 e. The molecule has 0 saturated carbocycles. The second kappa shape index (κ2) is 10.3. The first-order chi connectivity index (χ1) is 17.2. The minimum Gasteiger partial charge on any atom is -0.744 e. The molecule has 2 N–H and O–H groups in total. The summed E-state index contributed by atoms with van der Waals surface area (Å²) < 4.78 is 35.4. The number of hydrogen-bond donors (Lipinski definition) is 2. The molecule has 2 aliphatic heterocycles. The first-order valence-corrected chi connectivity index (χ1v) is 12.9. The summed E-state index contributed by atoms with van der Waals surface area (Å²) in [5.41, 5.74) is 6.76. The van der Waals surface area contributed by atoms with Gasteiger partial charge < -0.3 is 14.5 Å². The Bertz CT molecular complexity index is 1910. The molecule has 0 spiro atoms. The van der Waals surface area contributed by atoms with E-state index in [2.05, 4.69) is 19.9 Å². The number of aromatic nitrogens is 4. The van der Waals surface area contributed by atoms with E-state index < -0.39 is 15.0 Å². The first-order valence-electron chi connectivity index (χ1n) is 10.8. The Morgan fingerprint density at radius 1 is 0.703 bits per heavy atom. The van der Waals surface area contributed by atoms with Gasteiger partial charge in [-0.25, -0.2) is 18.4 Å². The van der Waals surface area contributed by atoms with Crippen LogP contribution in [-0.4, -0.2) is 32.9 Å². The molecule has 1 aromatic carbocycles. The molecule has 11 heteroatoms. The van der Waals surface area contributed by atoms with Crippen molar-refractivity contribution < 1.29 is 64.4 Å². The van der Waals surface area contributed by atoms with E-state index in [1.54, 1.807) is 12.1 Å². The van der Waals surface area contributed by atoms with Crippen LogP contribution in [0.4, 0.5) is 0 Å². The van der Waals surface area contributed by atoms with Crippen LogP contribution in [0.2, 0.25) is 10.0 Å². The van der Waals surface area contributed by atoms with E-state index in [-0.39, 0.29) is 67.0 Å². The van der Waals surface area contributed by atoms with Gasteiger partial charge in [0, 0.05) is 33.2 Å². The minimum atomic E-state index is -4.81. The molecule has 0 radical (unpaired) electrons. The zero-order chi connectivity index (χ0) is 25.0. The molecule has 37 heavy (non-hydrogen) atoms. The van der Waals surface area contributed by atoms with Crippen LogP contribution >= 0.6 is 23.2 Å². The Labute approximate surface area is 264 Å². The number of rotatable bonds is 2. The quantitative estimate of drug-likeness (QED) is 0.243. The summed E-state index contributed by atoms with van der Waals surface area (Å²) in [5, 5.41) is -0.0275. The second-order valence-electron chi connectivity index (χ2n) is 8.28. The molecule has 2 aliphatic rings. The second-order valence-corrected chi connectivity index (χ2v) is 10.4. The van der Waals surface area contributed by atoms with Crippen molar-refractivity contribution >= 4 is 79.7 Å². The minimum absolute atomic E-state index is 0. The molecule has 3 aromatic heterocycles. The average Bonchev–Trinajstić information content (AvgIpc) is 3.59. The summed E-state index contributed by atoms with van der Waals surface area (Å²) >= 11 is 12.9. The fourth-order valence-corrected chi connectivity index (χ4v) is 5.61. The van der Waals surface area contributed by atoms with Crippen LogP contribution in [0, 0.1) is 0 Å². The van der Waals surface area contributed by atoms with Crippen LogP contribution in [0.15, 0.2) is 59.5 Å². The van der Waals surface area contributed by atoms with Crippen LogP contribution in [-0.2, 0) is 10.1 Å². The fourth-order valence-electron chi connectivity index (χ4n) is 4.20. The molecule has 0 amide bonds. The number of nitrogens with one attached hydrogen (secondary N) is 2. The van der Waals surface area contributed by atoms with Gasteiger partial charge in [-0.05, 0) is 78.9 Å². The van der Waals surface area contributed by atoms with Crippen molar-refractivity contribution in [3.63, 3.8) is 0 Å². The fraction of sp³-hybridized carbons (Fsp3) is 0. The summed E-state index contributed by atoms with van der Waals surface area (Å²) in [6, 6.07) is 15.7. The van der Waals surface area contributed by atoms with Crippen molar-refractivity contribution in [2.75, 3.05) is 0 Å². The summed E-state index contributed by atoms with van der Waals surface area (Å²) in [6.45, 7) is 0. The third-order valence-electron chi connectivity index (χ3n) is 5.76. The summed E-state index contributed by atoms with van der Waals surface area (Å²) in [4.78, 5) is 15.4. The van der Waals surface area contributed by atoms with Crippen LogP contribution < -0.4 is 51.4 Å². The number of H-pyrrole nitrogens is 2. The van der Waals surface area contributed by atoms with Crippen LogP contribution in [0.3, 0.4) is 0 Å². The zero-order valence-electron chi connectivity index (χ0n) is 19.3. The van der Waals surface area contributed by atoms with Crippen molar-refractivity contribution in [3.8, 4) is 11.1 Å². The molecule has 6 rings (SSSR count). The maximum Gasteiger partial charge on any atom is 1.00 e. The number of fused-ring (bicyclic) bond motifs is 8.